The molecule has 4 N–H and O–H groups in total. The van der Waals surface area contributed by atoms with Crippen LogP contribution in [0.2, 0.25) is 10.0 Å². The van der Waals surface area contributed by atoms with E-state index in [2.05, 4.69) is 0 Å². The summed E-state index contributed by atoms with van der Waals surface area (Å²) >= 11 is 12.0. The molecule has 14 heteroatoms. The molecule has 0 aromatic heterocycles. The average Bonchev–Trinajstić information content (AvgIpc) is 3.64. The maximum atomic E-state index is 10.6. The van der Waals surface area contributed by atoms with Crippen LogP contribution < -0.4 is 15.2 Å². The van der Waals surface area contributed by atoms with E-state index in [4.69, 9.17) is 57.4 Å². The fraction of sp³-hybridized carbons (Fsp3) is 0.500. The lowest BCUT2D eigenvalue weighted by Crippen LogP contribution is -2.34. The van der Waals surface area contributed by atoms with Gasteiger partial charge in [-0.3, -0.25) is 10.1 Å². The van der Waals surface area contributed by atoms with Gasteiger partial charge in [-0.1, -0.05) is 23.2 Å². The first-order valence-corrected chi connectivity index (χ1v) is 12.6. The molecule has 6 rings (SSSR count). The van der Waals surface area contributed by atoms with Gasteiger partial charge in [0.2, 0.25) is 0 Å². The summed E-state index contributed by atoms with van der Waals surface area (Å²) in [5.74, 6) is 0.876. The third-order valence-electron chi connectivity index (χ3n) is 6.60. The number of aliphatic hydroxyl groups is 2. The van der Waals surface area contributed by atoms with Crippen molar-refractivity contribution in [3.8, 4) is 11.5 Å². The lowest BCUT2D eigenvalue weighted by atomic mass is 10.1. The van der Waals surface area contributed by atoms with Gasteiger partial charge in [0, 0.05) is 17.8 Å². The van der Waals surface area contributed by atoms with Crippen molar-refractivity contribution in [1.29, 1.82) is 0 Å². The fourth-order valence-electron chi connectivity index (χ4n) is 4.73. The second-order valence-electron chi connectivity index (χ2n) is 9.20. The van der Waals surface area contributed by atoms with Crippen LogP contribution in [-0.2, 0) is 18.9 Å². The number of anilines is 1. The molecule has 12 nitrogen and oxygen atoms in total. The van der Waals surface area contributed by atoms with Crippen molar-refractivity contribution in [2.24, 2.45) is 0 Å². The summed E-state index contributed by atoms with van der Waals surface area (Å²) in [6, 6.07) is 9.07. The number of ether oxygens (including phenoxy) is 6. The van der Waals surface area contributed by atoms with Crippen molar-refractivity contribution < 1.29 is 43.6 Å². The number of rotatable bonds is 5. The van der Waals surface area contributed by atoms with Crippen LogP contribution in [0.5, 0.6) is 11.5 Å². The summed E-state index contributed by atoms with van der Waals surface area (Å²) in [5.41, 5.74) is 6.10. The van der Waals surface area contributed by atoms with Crippen LogP contribution in [0.4, 0.5) is 11.4 Å². The highest BCUT2D eigenvalue weighted by Crippen LogP contribution is 2.35. The van der Waals surface area contributed by atoms with Crippen LogP contribution in [0.25, 0.3) is 0 Å². The Morgan fingerprint density at radius 2 is 1.26 bits per heavy atom. The number of benzene rings is 2. The van der Waals surface area contributed by atoms with Gasteiger partial charge in [0.1, 0.15) is 48.1 Å². The minimum atomic E-state index is -0.652. The quantitative estimate of drug-likeness (QED) is 0.272. The molecule has 8 atom stereocenters. The van der Waals surface area contributed by atoms with Crippen molar-refractivity contribution in [2.75, 3.05) is 32.2 Å². The van der Waals surface area contributed by atoms with E-state index in [1.165, 1.54) is 18.2 Å². The summed E-state index contributed by atoms with van der Waals surface area (Å²) in [4.78, 5) is 10.1. The minimum absolute atomic E-state index is 0.101. The van der Waals surface area contributed by atoms with E-state index in [9.17, 15) is 20.3 Å². The summed E-state index contributed by atoms with van der Waals surface area (Å²) in [7, 11) is 0. The molecule has 4 heterocycles. The predicted octanol–water partition coefficient (Wildman–Crippen LogP) is 1.98. The molecule has 206 valence electrons. The number of nitrogen functional groups attached to an aromatic ring is 1. The van der Waals surface area contributed by atoms with Crippen LogP contribution in [0.1, 0.15) is 0 Å². The Labute approximate surface area is 227 Å². The average molecular weight is 573 g/mol. The Balaban J connectivity index is 0.000000156. The molecule has 4 fully saturated rings. The van der Waals surface area contributed by atoms with Gasteiger partial charge in [-0.25, -0.2) is 0 Å². The monoisotopic (exact) mass is 572 g/mol. The molecular formula is C24H26Cl2N2O10. The first kappa shape index (κ1) is 27.2. The number of non-ortho nitro benzene ring substituents is 1. The number of nitrogens with zero attached hydrogens (tertiary/aromatic N) is 1. The zero-order valence-electron chi connectivity index (χ0n) is 19.9. The Bertz CT molecular complexity index is 1170. The topological polar surface area (TPSA) is 165 Å². The van der Waals surface area contributed by atoms with Crippen LogP contribution in [0.15, 0.2) is 36.4 Å². The van der Waals surface area contributed by atoms with Gasteiger partial charge in [-0.2, -0.15) is 0 Å². The number of aliphatic hydroxyl groups excluding tert-OH is 2. The number of nitro benzene ring substituents is 1. The Morgan fingerprint density at radius 1 is 0.789 bits per heavy atom. The molecule has 0 amide bonds. The summed E-state index contributed by atoms with van der Waals surface area (Å²) in [6.45, 7) is 1.15. The number of fused-ring (bicyclic) bond motifs is 2. The van der Waals surface area contributed by atoms with Crippen molar-refractivity contribution in [2.45, 2.75) is 48.8 Å². The lowest BCUT2D eigenvalue weighted by molar-refractivity contribution is -0.384. The van der Waals surface area contributed by atoms with Gasteiger partial charge in [0.15, 0.2) is 12.2 Å². The lowest BCUT2D eigenvalue weighted by Gasteiger charge is -2.18. The Kier molecular flexibility index (Phi) is 8.12. The Hall–Kier alpha value is -2.42. The predicted molar refractivity (Wildman–Crippen MR) is 134 cm³/mol. The number of hydrogen-bond acceptors (Lipinski definition) is 11. The molecule has 0 spiro atoms. The maximum absolute atomic E-state index is 10.6. The van der Waals surface area contributed by atoms with E-state index in [0.29, 0.717) is 28.8 Å². The zero-order chi connectivity index (χ0) is 27.0. The van der Waals surface area contributed by atoms with E-state index in [-0.39, 0.29) is 54.9 Å². The highest BCUT2D eigenvalue weighted by atomic mass is 35.5. The third-order valence-corrected chi connectivity index (χ3v) is 7.19. The largest absolute Gasteiger partial charge is 0.484 e. The molecule has 4 aliphatic heterocycles. The number of nitro groups is 1. The molecule has 2 unspecified atom stereocenters. The molecule has 4 saturated heterocycles. The summed E-state index contributed by atoms with van der Waals surface area (Å²) in [6.07, 6.45) is -3.17. The molecule has 0 aliphatic carbocycles. The molecular weight excluding hydrogens is 547 g/mol. The Morgan fingerprint density at radius 3 is 1.74 bits per heavy atom. The first-order chi connectivity index (χ1) is 18.2. The second kappa shape index (κ2) is 11.4. The van der Waals surface area contributed by atoms with E-state index < -0.39 is 29.3 Å². The number of hydrogen-bond donors (Lipinski definition) is 3. The molecule has 0 saturated carbocycles. The number of nitrogens with two attached hydrogens (primary N) is 1. The van der Waals surface area contributed by atoms with E-state index in [1.54, 1.807) is 18.2 Å². The van der Waals surface area contributed by atoms with E-state index >= 15 is 0 Å². The van der Waals surface area contributed by atoms with Gasteiger partial charge < -0.3 is 44.4 Å². The van der Waals surface area contributed by atoms with Crippen molar-refractivity contribution in [3.05, 3.63) is 56.6 Å². The summed E-state index contributed by atoms with van der Waals surface area (Å²) in [5, 5.41) is 30.5. The standard InChI is InChI=1S/C12H12ClNO6.C12H14ClNO4/c13-7-3-6(14(16)17)1-2-9(7)20-10-5-19-11-8(15)4-18-12(10)11;13-7-3-6(14)1-2-9(7)18-10-5-17-11-8(15)4-16-12(10)11/h1-3,8,10-12,15H,4-5H2;1-3,8,10-12,15H,4-5,14H2/t2*8-,10?,11+,12+/m00/s1. The highest BCUT2D eigenvalue weighted by molar-refractivity contribution is 6.32. The SMILES string of the molecule is Nc1ccc(OC2CO[C@H]3[C@@H]2OC[C@@H]3O)c(Cl)c1.O=[N+]([O-])c1ccc(OC2CO[C@H]3[C@@H]2OC[C@@H]3O)c(Cl)c1. The molecule has 4 aliphatic rings. The van der Waals surface area contributed by atoms with Crippen molar-refractivity contribution in [1.82, 2.24) is 0 Å². The van der Waals surface area contributed by atoms with Crippen LogP contribution >= 0.6 is 23.2 Å². The molecule has 38 heavy (non-hydrogen) atoms. The highest BCUT2D eigenvalue weighted by Gasteiger charge is 2.49. The van der Waals surface area contributed by atoms with E-state index in [0.717, 1.165) is 0 Å². The number of halogens is 2. The van der Waals surface area contributed by atoms with Crippen LogP contribution in [0.3, 0.4) is 0 Å². The molecule has 2 aromatic rings. The van der Waals surface area contributed by atoms with Gasteiger partial charge in [-0.15, -0.1) is 0 Å². The zero-order valence-corrected chi connectivity index (χ0v) is 21.4. The maximum Gasteiger partial charge on any atom is 0.271 e. The van der Waals surface area contributed by atoms with Crippen molar-refractivity contribution in [3.63, 3.8) is 0 Å². The van der Waals surface area contributed by atoms with Crippen LogP contribution in [-0.4, -0.2) is 90.4 Å². The van der Waals surface area contributed by atoms with Gasteiger partial charge >= 0.3 is 0 Å². The van der Waals surface area contributed by atoms with Crippen LogP contribution in [0, 0.1) is 10.1 Å². The fourth-order valence-corrected chi connectivity index (χ4v) is 5.18. The van der Waals surface area contributed by atoms with Gasteiger partial charge in [0.05, 0.1) is 41.4 Å². The molecule has 2 aromatic carbocycles. The van der Waals surface area contributed by atoms with Crippen molar-refractivity contribution >= 4 is 34.6 Å². The molecule has 0 bridgehead atoms. The second-order valence-corrected chi connectivity index (χ2v) is 10.0. The normalized spacial score (nSPS) is 33.3. The van der Waals surface area contributed by atoms with Gasteiger partial charge in [-0.05, 0) is 24.3 Å². The minimum Gasteiger partial charge on any atom is -0.484 e. The van der Waals surface area contributed by atoms with Gasteiger partial charge in [0.25, 0.3) is 5.69 Å². The summed E-state index contributed by atoms with van der Waals surface area (Å²) < 4.78 is 33.3. The smallest absolute Gasteiger partial charge is 0.271 e. The third kappa shape index (κ3) is 5.63. The van der Waals surface area contributed by atoms with E-state index in [1.807, 2.05) is 0 Å². The molecule has 0 radical (unpaired) electrons. The first-order valence-electron chi connectivity index (χ1n) is 11.9.